The van der Waals surface area contributed by atoms with Crippen LogP contribution in [0.2, 0.25) is 4.34 Å². The minimum atomic E-state index is -0.631. The third kappa shape index (κ3) is 2.97. The highest BCUT2D eigenvalue weighted by Crippen LogP contribution is 2.36. The third-order valence-corrected chi connectivity index (χ3v) is 5.02. The number of fused-ring (bicyclic) bond motifs is 1. The standard InChI is InChI=1S/C17H16ClNOS/c18-16-8-7-15(21-16)17(20)14(10-19)13-6-5-11-3-1-2-4-12(11)9-13/h1-9,14,17,20H,10,19H2. The monoisotopic (exact) mass is 317 g/mol. The first-order chi connectivity index (χ1) is 10.2. The fraction of sp³-hybridized carbons (Fsp3) is 0.176. The van der Waals surface area contributed by atoms with Gasteiger partial charge in [-0.2, -0.15) is 0 Å². The number of thiophene rings is 1. The highest BCUT2D eigenvalue weighted by Gasteiger charge is 2.23. The van der Waals surface area contributed by atoms with Crippen LogP contribution < -0.4 is 5.73 Å². The van der Waals surface area contributed by atoms with E-state index in [1.54, 1.807) is 6.07 Å². The Labute approximate surface area is 132 Å². The Balaban J connectivity index is 1.97. The van der Waals surface area contributed by atoms with Crippen molar-refractivity contribution in [3.8, 4) is 0 Å². The van der Waals surface area contributed by atoms with Gasteiger partial charge in [-0.1, -0.05) is 54.1 Å². The number of halogens is 1. The van der Waals surface area contributed by atoms with Crippen LogP contribution in [-0.4, -0.2) is 11.7 Å². The number of hydrogen-bond acceptors (Lipinski definition) is 3. The number of hydrogen-bond donors (Lipinski definition) is 2. The molecular formula is C17H16ClNOS. The topological polar surface area (TPSA) is 46.2 Å². The zero-order valence-electron chi connectivity index (χ0n) is 11.4. The molecule has 2 unspecified atom stereocenters. The molecule has 4 heteroatoms. The second-order valence-electron chi connectivity index (χ2n) is 5.04. The molecule has 0 radical (unpaired) electrons. The Hall–Kier alpha value is -1.39. The normalized spacial score (nSPS) is 14.2. The summed E-state index contributed by atoms with van der Waals surface area (Å²) in [5.41, 5.74) is 6.95. The van der Waals surface area contributed by atoms with Crippen molar-refractivity contribution in [1.82, 2.24) is 0 Å². The lowest BCUT2D eigenvalue weighted by Gasteiger charge is -2.21. The van der Waals surface area contributed by atoms with Crippen molar-refractivity contribution in [3.63, 3.8) is 0 Å². The molecule has 0 fully saturated rings. The van der Waals surface area contributed by atoms with Crippen LogP contribution in [0.15, 0.2) is 54.6 Å². The average molecular weight is 318 g/mol. The van der Waals surface area contributed by atoms with Crippen LogP contribution >= 0.6 is 22.9 Å². The van der Waals surface area contributed by atoms with Crippen LogP contribution in [0.3, 0.4) is 0 Å². The molecule has 1 heterocycles. The second kappa shape index (κ2) is 6.16. The maximum Gasteiger partial charge on any atom is 0.0962 e. The van der Waals surface area contributed by atoms with Crippen molar-refractivity contribution in [2.24, 2.45) is 5.73 Å². The van der Waals surface area contributed by atoms with Gasteiger partial charge in [0.1, 0.15) is 0 Å². The van der Waals surface area contributed by atoms with Crippen molar-refractivity contribution in [3.05, 3.63) is 69.4 Å². The Morgan fingerprint density at radius 3 is 2.48 bits per heavy atom. The number of aliphatic hydroxyl groups is 1. The lowest BCUT2D eigenvalue weighted by molar-refractivity contribution is 0.151. The van der Waals surface area contributed by atoms with Gasteiger partial charge in [0.05, 0.1) is 10.4 Å². The number of rotatable bonds is 4. The van der Waals surface area contributed by atoms with E-state index in [-0.39, 0.29) is 5.92 Å². The van der Waals surface area contributed by atoms with Crippen LogP contribution in [0, 0.1) is 0 Å². The Morgan fingerprint density at radius 1 is 1.05 bits per heavy atom. The van der Waals surface area contributed by atoms with Crippen molar-refractivity contribution in [2.75, 3.05) is 6.54 Å². The quantitative estimate of drug-likeness (QED) is 0.752. The van der Waals surface area contributed by atoms with E-state index in [1.807, 2.05) is 24.3 Å². The summed E-state index contributed by atoms with van der Waals surface area (Å²) in [6, 6.07) is 18.1. The summed E-state index contributed by atoms with van der Waals surface area (Å²) in [4.78, 5) is 0.851. The molecule has 2 atom stereocenters. The van der Waals surface area contributed by atoms with Gasteiger partial charge < -0.3 is 10.8 Å². The summed E-state index contributed by atoms with van der Waals surface area (Å²) >= 11 is 7.35. The van der Waals surface area contributed by atoms with E-state index < -0.39 is 6.10 Å². The molecule has 0 saturated carbocycles. The molecule has 0 bridgehead atoms. The number of benzene rings is 2. The van der Waals surface area contributed by atoms with Gasteiger partial charge in [0, 0.05) is 17.3 Å². The Morgan fingerprint density at radius 2 is 1.81 bits per heavy atom. The average Bonchev–Trinajstić information content (AvgIpc) is 2.94. The summed E-state index contributed by atoms with van der Waals surface area (Å²) in [7, 11) is 0. The fourth-order valence-electron chi connectivity index (χ4n) is 2.57. The number of aliphatic hydroxyl groups excluding tert-OH is 1. The molecule has 3 rings (SSSR count). The highest BCUT2D eigenvalue weighted by atomic mass is 35.5. The van der Waals surface area contributed by atoms with Crippen LogP contribution in [-0.2, 0) is 0 Å². The van der Waals surface area contributed by atoms with E-state index in [4.69, 9.17) is 17.3 Å². The second-order valence-corrected chi connectivity index (χ2v) is 6.78. The zero-order chi connectivity index (χ0) is 14.8. The molecule has 3 aromatic rings. The molecule has 0 aliphatic rings. The first kappa shape index (κ1) is 14.5. The molecule has 21 heavy (non-hydrogen) atoms. The first-order valence-electron chi connectivity index (χ1n) is 6.81. The van der Waals surface area contributed by atoms with Crippen LogP contribution in [0.5, 0.6) is 0 Å². The van der Waals surface area contributed by atoms with E-state index in [0.29, 0.717) is 10.9 Å². The number of nitrogens with two attached hydrogens (primary N) is 1. The summed E-state index contributed by atoms with van der Waals surface area (Å²) in [6.45, 7) is 0.384. The summed E-state index contributed by atoms with van der Waals surface area (Å²) in [5, 5.41) is 12.9. The zero-order valence-corrected chi connectivity index (χ0v) is 12.9. The van der Waals surface area contributed by atoms with Crippen molar-refractivity contribution in [1.29, 1.82) is 0 Å². The van der Waals surface area contributed by atoms with Gasteiger partial charge in [0.2, 0.25) is 0 Å². The molecule has 1 aromatic heterocycles. The van der Waals surface area contributed by atoms with Gasteiger partial charge in [-0.3, -0.25) is 0 Å². The fourth-order valence-corrected chi connectivity index (χ4v) is 3.68. The molecule has 0 aliphatic heterocycles. The SMILES string of the molecule is NCC(c1ccc2ccccc2c1)C(O)c1ccc(Cl)s1. The molecule has 0 spiro atoms. The third-order valence-electron chi connectivity index (χ3n) is 3.72. The van der Waals surface area contributed by atoms with Gasteiger partial charge >= 0.3 is 0 Å². The van der Waals surface area contributed by atoms with Crippen molar-refractivity contribution >= 4 is 33.7 Å². The summed E-state index contributed by atoms with van der Waals surface area (Å²) in [6.07, 6.45) is -0.631. The van der Waals surface area contributed by atoms with E-state index in [2.05, 4.69) is 24.3 Å². The van der Waals surface area contributed by atoms with Gasteiger partial charge in [-0.15, -0.1) is 11.3 Å². The lowest BCUT2D eigenvalue weighted by atomic mass is 9.91. The molecular weight excluding hydrogens is 302 g/mol. The molecule has 108 valence electrons. The summed E-state index contributed by atoms with van der Waals surface area (Å²) < 4.78 is 0.679. The van der Waals surface area contributed by atoms with Crippen LogP contribution in [0.1, 0.15) is 22.5 Å². The lowest BCUT2D eigenvalue weighted by Crippen LogP contribution is -2.19. The van der Waals surface area contributed by atoms with Crippen molar-refractivity contribution < 1.29 is 5.11 Å². The van der Waals surface area contributed by atoms with E-state index in [9.17, 15) is 5.11 Å². The minimum absolute atomic E-state index is 0.135. The van der Waals surface area contributed by atoms with Gasteiger partial charge in [0.25, 0.3) is 0 Å². The smallest absolute Gasteiger partial charge is 0.0962 e. The predicted molar refractivity (Wildman–Crippen MR) is 90.0 cm³/mol. The molecule has 3 N–H and O–H groups in total. The maximum atomic E-state index is 10.6. The molecule has 0 aliphatic carbocycles. The first-order valence-corrected chi connectivity index (χ1v) is 8.00. The summed E-state index contributed by atoms with van der Waals surface area (Å²) in [5.74, 6) is -0.135. The molecule has 2 aromatic carbocycles. The Bertz CT molecular complexity index is 755. The van der Waals surface area contributed by atoms with E-state index >= 15 is 0 Å². The van der Waals surface area contributed by atoms with Gasteiger partial charge in [-0.25, -0.2) is 0 Å². The molecule has 0 amide bonds. The van der Waals surface area contributed by atoms with E-state index in [1.165, 1.54) is 16.7 Å². The van der Waals surface area contributed by atoms with Gasteiger partial charge in [-0.05, 0) is 28.5 Å². The van der Waals surface area contributed by atoms with Gasteiger partial charge in [0.15, 0.2) is 0 Å². The predicted octanol–water partition coefficient (Wildman–Crippen LogP) is 4.33. The highest BCUT2D eigenvalue weighted by molar-refractivity contribution is 7.16. The largest absolute Gasteiger partial charge is 0.387 e. The maximum absolute atomic E-state index is 10.6. The van der Waals surface area contributed by atoms with Crippen LogP contribution in [0.4, 0.5) is 0 Å². The molecule has 2 nitrogen and oxygen atoms in total. The minimum Gasteiger partial charge on any atom is -0.387 e. The van der Waals surface area contributed by atoms with E-state index in [0.717, 1.165) is 15.8 Å². The Kier molecular flexibility index (Phi) is 4.27. The van der Waals surface area contributed by atoms with Crippen LogP contribution in [0.25, 0.3) is 10.8 Å². The molecule has 0 saturated heterocycles. The van der Waals surface area contributed by atoms with Crippen molar-refractivity contribution in [2.45, 2.75) is 12.0 Å².